The molecule has 0 atom stereocenters. The van der Waals surface area contributed by atoms with Gasteiger partial charge in [0.1, 0.15) is 0 Å². The van der Waals surface area contributed by atoms with Gasteiger partial charge in [-0.1, -0.05) is 45.4 Å². The van der Waals surface area contributed by atoms with E-state index in [1.807, 2.05) is 39.8 Å². The number of hydrogen-bond donors (Lipinski definition) is 1. The molecule has 0 unspecified atom stereocenters. The minimum absolute atomic E-state index is 0.119. The molecule has 2 heteroatoms. The molecule has 1 aromatic carbocycles. The molecule has 0 aliphatic carbocycles. The summed E-state index contributed by atoms with van der Waals surface area (Å²) >= 11 is 0. The number of hydrogen-bond acceptors (Lipinski definition) is 1. The van der Waals surface area contributed by atoms with Crippen LogP contribution >= 0.6 is 0 Å². The first kappa shape index (κ1) is 12.8. The van der Waals surface area contributed by atoms with Crippen LogP contribution in [-0.4, -0.2) is 5.91 Å². The molecule has 1 amide bonds. The maximum atomic E-state index is 11.7. The molecule has 0 saturated carbocycles. The lowest BCUT2D eigenvalue weighted by Gasteiger charge is -2.30. The highest BCUT2D eigenvalue weighted by Crippen LogP contribution is 2.33. The second kappa shape index (κ2) is 4.69. The van der Waals surface area contributed by atoms with Crippen molar-refractivity contribution in [3.63, 3.8) is 0 Å². The normalized spacial score (nSPS) is 16.7. The third-order valence-electron chi connectivity index (χ3n) is 2.76. The van der Waals surface area contributed by atoms with Gasteiger partial charge in [0.05, 0.1) is 0 Å². The molecule has 0 fully saturated rings. The Hall–Kier alpha value is -1.31. The van der Waals surface area contributed by atoms with E-state index in [9.17, 15) is 4.79 Å². The monoisotopic (exact) mass is 219 g/mol. The van der Waals surface area contributed by atoms with Crippen molar-refractivity contribution in [2.45, 2.75) is 41.0 Å². The van der Waals surface area contributed by atoms with Gasteiger partial charge in [0.25, 0.3) is 0 Å². The molecular weight excluding hydrogens is 198 g/mol. The standard InChI is InChI=1S/C12H15NO.C2H6/c1-8-4-5-10-9(6-8)7-12(2,3)11(14)13-10;1-2/h4-6H,7H2,1-3H3,(H,13,14);1-2H3. The van der Waals surface area contributed by atoms with Crippen LogP contribution in [0, 0.1) is 12.3 Å². The number of amides is 1. The Bertz CT molecular complexity index is 394. The molecule has 0 saturated heterocycles. The maximum Gasteiger partial charge on any atom is 0.230 e. The van der Waals surface area contributed by atoms with Gasteiger partial charge in [-0.05, 0) is 25.0 Å². The quantitative estimate of drug-likeness (QED) is 0.710. The van der Waals surface area contributed by atoms with Crippen LogP contribution in [-0.2, 0) is 11.2 Å². The Morgan fingerprint density at radius 1 is 1.25 bits per heavy atom. The van der Waals surface area contributed by atoms with E-state index in [-0.39, 0.29) is 11.3 Å². The zero-order chi connectivity index (χ0) is 12.3. The van der Waals surface area contributed by atoms with Crippen LogP contribution in [0.4, 0.5) is 5.69 Å². The number of fused-ring (bicyclic) bond motifs is 1. The zero-order valence-electron chi connectivity index (χ0n) is 10.8. The minimum atomic E-state index is -0.277. The van der Waals surface area contributed by atoms with E-state index in [4.69, 9.17) is 0 Å². The Labute approximate surface area is 98.1 Å². The van der Waals surface area contributed by atoms with E-state index < -0.39 is 0 Å². The van der Waals surface area contributed by atoms with E-state index in [1.54, 1.807) is 0 Å². The average molecular weight is 219 g/mol. The number of aryl methyl sites for hydroxylation is 1. The number of nitrogens with one attached hydrogen (secondary N) is 1. The molecule has 88 valence electrons. The molecule has 1 heterocycles. The van der Waals surface area contributed by atoms with Gasteiger partial charge >= 0.3 is 0 Å². The molecule has 2 nitrogen and oxygen atoms in total. The van der Waals surface area contributed by atoms with Crippen molar-refractivity contribution >= 4 is 11.6 Å². The molecule has 1 aliphatic heterocycles. The molecule has 0 spiro atoms. The van der Waals surface area contributed by atoms with E-state index in [0.29, 0.717) is 0 Å². The SMILES string of the molecule is CC.Cc1ccc2c(c1)CC(C)(C)C(=O)N2. The molecule has 16 heavy (non-hydrogen) atoms. The van der Waals surface area contributed by atoms with Crippen LogP contribution < -0.4 is 5.32 Å². The van der Waals surface area contributed by atoms with Gasteiger partial charge in [0.15, 0.2) is 0 Å². The summed E-state index contributed by atoms with van der Waals surface area (Å²) in [5, 5.41) is 2.94. The van der Waals surface area contributed by atoms with Crippen LogP contribution in [0.2, 0.25) is 0 Å². The van der Waals surface area contributed by atoms with Gasteiger partial charge < -0.3 is 5.32 Å². The van der Waals surface area contributed by atoms with Crippen molar-refractivity contribution in [1.29, 1.82) is 0 Å². The summed E-state index contributed by atoms with van der Waals surface area (Å²) in [6.45, 7) is 10.0. The first-order chi connectivity index (χ1) is 7.49. The molecule has 1 N–H and O–H groups in total. The summed E-state index contributed by atoms with van der Waals surface area (Å²) in [5.74, 6) is 0.119. The van der Waals surface area contributed by atoms with Gasteiger partial charge in [-0.15, -0.1) is 0 Å². The van der Waals surface area contributed by atoms with Crippen molar-refractivity contribution in [2.75, 3.05) is 5.32 Å². The highest BCUT2D eigenvalue weighted by molar-refractivity contribution is 5.97. The summed E-state index contributed by atoms with van der Waals surface area (Å²) in [4.78, 5) is 11.7. The highest BCUT2D eigenvalue weighted by atomic mass is 16.2. The van der Waals surface area contributed by atoms with E-state index in [2.05, 4.69) is 18.3 Å². The fraction of sp³-hybridized carbons (Fsp3) is 0.500. The fourth-order valence-electron chi connectivity index (χ4n) is 1.84. The zero-order valence-corrected chi connectivity index (χ0v) is 10.8. The summed E-state index contributed by atoms with van der Waals surface area (Å²) < 4.78 is 0. The second-order valence-electron chi connectivity index (χ2n) is 4.68. The van der Waals surface area contributed by atoms with Crippen LogP contribution in [0.25, 0.3) is 0 Å². The molecule has 1 aromatic rings. The van der Waals surface area contributed by atoms with Crippen molar-refractivity contribution < 1.29 is 4.79 Å². The van der Waals surface area contributed by atoms with Crippen molar-refractivity contribution in [2.24, 2.45) is 5.41 Å². The number of rotatable bonds is 0. The van der Waals surface area contributed by atoms with Crippen molar-refractivity contribution in [3.05, 3.63) is 29.3 Å². The number of carbonyl (C=O) groups is 1. The molecular formula is C14H21NO. The fourth-order valence-corrected chi connectivity index (χ4v) is 1.84. The van der Waals surface area contributed by atoms with E-state index in [1.165, 1.54) is 11.1 Å². The van der Waals surface area contributed by atoms with Gasteiger partial charge in [0, 0.05) is 11.1 Å². The van der Waals surface area contributed by atoms with Gasteiger partial charge in [-0.3, -0.25) is 4.79 Å². The summed E-state index contributed by atoms with van der Waals surface area (Å²) in [5.41, 5.74) is 3.19. The maximum absolute atomic E-state index is 11.7. The Morgan fingerprint density at radius 3 is 2.50 bits per heavy atom. The van der Waals surface area contributed by atoms with E-state index >= 15 is 0 Å². The van der Waals surface area contributed by atoms with Gasteiger partial charge in [0.2, 0.25) is 5.91 Å². The molecule has 1 aliphatic rings. The number of benzene rings is 1. The highest BCUT2D eigenvalue weighted by Gasteiger charge is 2.33. The lowest BCUT2D eigenvalue weighted by molar-refractivity contribution is -0.124. The second-order valence-corrected chi connectivity index (χ2v) is 4.68. The van der Waals surface area contributed by atoms with E-state index in [0.717, 1.165) is 12.1 Å². The van der Waals surface area contributed by atoms with Crippen LogP contribution in [0.1, 0.15) is 38.8 Å². The predicted molar refractivity (Wildman–Crippen MR) is 68.6 cm³/mol. The minimum Gasteiger partial charge on any atom is -0.325 e. The Morgan fingerprint density at radius 2 is 1.88 bits per heavy atom. The number of carbonyl (C=O) groups excluding carboxylic acids is 1. The first-order valence-electron chi connectivity index (χ1n) is 5.90. The van der Waals surface area contributed by atoms with Crippen LogP contribution in [0.3, 0.4) is 0 Å². The van der Waals surface area contributed by atoms with Gasteiger partial charge in [-0.2, -0.15) is 0 Å². The summed E-state index contributed by atoms with van der Waals surface area (Å²) in [6.07, 6.45) is 0.829. The first-order valence-corrected chi connectivity index (χ1v) is 5.90. The summed E-state index contributed by atoms with van der Waals surface area (Å²) in [7, 11) is 0. The molecule has 0 radical (unpaired) electrons. The topological polar surface area (TPSA) is 29.1 Å². The third-order valence-corrected chi connectivity index (χ3v) is 2.76. The van der Waals surface area contributed by atoms with Gasteiger partial charge in [-0.25, -0.2) is 0 Å². The lowest BCUT2D eigenvalue weighted by atomic mass is 9.81. The molecule has 2 rings (SSSR count). The predicted octanol–water partition coefficient (Wildman–Crippen LogP) is 3.54. The Kier molecular flexibility index (Phi) is 3.74. The summed E-state index contributed by atoms with van der Waals surface area (Å²) in [6, 6.07) is 6.16. The average Bonchev–Trinajstić information content (AvgIpc) is 2.23. The number of anilines is 1. The lowest BCUT2D eigenvalue weighted by Crippen LogP contribution is -2.37. The molecule has 0 aromatic heterocycles. The van der Waals surface area contributed by atoms with Crippen LogP contribution in [0.15, 0.2) is 18.2 Å². The largest absolute Gasteiger partial charge is 0.325 e. The Balaban J connectivity index is 0.000000606. The smallest absolute Gasteiger partial charge is 0.230 e. The van der Waals surface area contributed by atoms with Crippen molar-refractivity contribution in [3.8, 4) is 0 Å². The third kappa shape index (κ3) is 2.43. The molecule has 0 bridgehead atoms. The van der Waals surface area contributed by atoms with Crippen LogP contribution in [0.5, 0.6) is 0 Å². The van der Waals surface area contributed by atoms with Crippen molar-refractivity contribution in [1.82, 2.24) is 0 Å².